The molecule has 1 N–H and O–H groups in total. The van der Waals surface area contributed by atoms with E-state index in [-0.39, 0.29) is 12.1 Å². The molecule has 2 aromatic heterocycles. The summed E-state index contributed by atoms with van der Waals surface area (Å²) in [4.78, 5) is 6.80. The molecule has 0 bridgehead atoms. The largest absolute Gasteiger partial charge is 0.495 e. The number of anilines is 1. The number of hydrogen-bond acceptors (Lipinski definition) is 3. The summed E-state index contributed by atoms with van der Waals surface area (Å²) in [5, 5.41) is 4.68. The number of benzene rings is 2. The van der Waals surface area contributed by atoms with E-state index in [9.17, 15) is 0 Å². The molecule has 5 rings (SSSR count). The zero-order chi connectivity index (χ0) is 24.7. The first kappa shape index (κ1) is 23.9. The minimum atomic E-state index is -0.141. The first-order valence-corrected chi connectivity index (χ1v) is 12.8. The Labute approximate surface area is 223 Å². The summed E-state index contributed by atoms with van der Waals surface area (Å²) in [6.07, 6.45) is 1.81. The summed E-state index contributed by atoms with van der Waals surface area (Å²) < 4.78 is 8.68. The first-order chi connectivity index (χ1) is 16.9. The van der Waals surface area contributed by atoms with Crippen LogP contribution in [0.5, 0.6) is 5.75 Å². The molecule has 35 heavy (non-hydrogen) atoms. The van der Waals surface area contributed by atoms with Gasteiger partial charge in [0.2, 0.25) is 0 Å². The predicted octanol–water partition coefficient (Wildman–Crippen LogP) is 7.09. The van der Waals surface area contributed by atoms with Gasteiger partial charge in [-0.05, 0) is 96.1 Å². The third-order valence-electron chi connectivity index (χ3n) is 6.39. The highest BCUT2D eigenvalue weighted by atomic mass is 79.9. The molecule has 0 amide bonds. The molecule has 0 radical (unpaired) electrons. The van der Waals surface area contributed by atoms with Gasteiger partial charge in [0.05, 0.1) is 35.6 Å². The van der Waals surface area contributed by atoms with E-state index in [1.165, 1.54) is 0 Å². The van der Waals surface area contributed by atoms with Gasteiger partial charge in [0.1, 0.15) is 5.75 Å². The fourth-order valence-corrected chi connectivity index (χ4v) is 5.90. The van der Waals surface area contributed by atoms with Crippen molar-refractivity contribution in [2.24, 2.45) is 0 Å². The van der Waals surface area contributed by atoms with Gasteiger partial charge in [-0.15, -0.1) is 0 Å². The standard InChI is InChI=1S/C27H24BrClN4OS/c1-16-14-19(17(2)32(16)23-10-5-4-8-20(23)28)26-25(22-9-6-7-13-30-22)31-27(35)33(26)18-11-12-24(34-3)21(29)15-18/h4-15,25-26H,1-3H3,(H,31,35)/t25-,26+/m1/s1. The predicted molar refractivity (Wildman–Crippen MR) is 149 cm³/mol. The summed E-state index contributed by atoms with van der Waals surface area (Å²) in [6, 6.07) is 21.9. The first-order valence-electron chi connectivity index (χ1n) is 11.2. The Kier molecular flexibility index (Phi) is 6.57. The molecule has 5 nitrogen and oxygen atoms in total. The van der Waals surface area contributed by atoms with E-state index < -0.39 is 0 Å². The van der Waals surface area contributed by atoms with Gasteiger partial charge in [0.15, 0.2) is 5.11 Å². The molecule has 3 heterocycles. The number of halogens is 2. The van der Waals surface area contributed by atoms with Gasteiger partial charge in [-0.2, -0.15) is 0 Å². The van der Waals surface area contributed by atoms with Crippen LogP contribution in [-0.4, -0.2) is 21.8 Å². The van der Waals surface area contributed by atoms with E-state index in [4.69, 9.17) is 28.6 Å². The molecule has 0 unspecified atom stereocenters. The molecule has 2 aromatic carbocycles. The van der Waals surface area contributed by atoms with Crippen LogP contribution in [0.4, 0.5) is 5.69 Å². The highest BCUT2D eigenvalue weighted by molar-refractivity contribution is 9.10. The van der Waals surface area contributed by atoms with Crippen molar-refractivity contribution in [2.45, 2.75) is 25.9 Å². The normalized spacial score (nSPS) is 17.5. The van der Waals surface area contributed by atoms with Crippen molar-refractivity contribution < 1.29 is 4.74 Å². The van der Waals surface area contributed by atoms with Crippen molar-refractivity contribution in [2.75, 3.05) is 12.0 Å². The van der Waals surface area contributed by atoms with Gasteiger partial charge >= 0.3 is 0 Å². The molecule has 1 saturated heterocycles. The number of rotatable bonds is 5. The van der Waals surface area contributed by atoms with Crippen LogP contribution in [0.1, 0.15) is 34.7 Å². The zero-order valence-corrected chi connectivity index (χ0v) is 22.7. The van der Waals surface area contributed by atoms with E-state index in [0.717, 1.165) is 38.5 Å². The molecule has 178 valence electrons. The molecular weight excluding hydrogens is 544 g/mol. The second kappa shape index (κ2) is 9.64. The van der Waals surface area contributed by atoms with Crippen molar-refractivity contribution in [1.82, 2.24) is 14.9 Å². The Bertz CT molecular complexity index is 1410. The molecule has 0 aliphatic carbocycles. The summed E-state index contributed by atoms with van der Waals surface area (Å²) in [7, 11) is 1.61. The fraction of sp³-hybridized carbons (Fsp3) is 0.185. The molecule has 2 atom stereocenters. The number of para-hydroxylation sites is 1. The topological polar surface area (TPSA) is 42.3 Å². The van der Waals surface area contributed by atoms with Gasteiger partial charge < -0.3 is 19.5 Å². The summed E-state index contributed by atoms with van der Waals surface area (Å²) in [5.41, 5.74) is 6.34. The molecule has 1 fully saturated rings. The lowest BCUT2D eigenvalue weighted by molar-refractivity contribution is 0.415. The Morgan fingerprint density at radius 3 is 2.51 bits per heavy atom. The highest BCUT2D eigenvalue weighted by Gasteiger charge is 2.42. The number of ether oxygens (including phenoxy) is 1. The number of methoxy groups -OCH3 is 1. The number of aryl methyl sites for hydroxylation is 1. The third-order valence-corrected chi connectivity index (χ3v) is 7.67. The Morgan fingerprint density at radius 2 is 1.83 bits per heavy atom. The van der Waals surface area contributed by atoms with Crippen LogP contribution in [0.2, 0.25) is 5.02 Å². The van der Waals surface area contributed by atoms with Crippen LogP contribution < -0.4 is 15.0 Å². The van der Waals surface area contributed by atoms with Gasteiger partial charge in [0, 0.05) is 27.7 Å². The highest BCUT2D eigenvalue weighted by Crippen LogP contribution is 2.45. The minimum Gasteiger partial charge on any atom is -0.495 e. The second-order valence-corrected chi connectivity index (χ2v) is 10.1. The Balaban J connectivity index is 1.69. The van der Waals surface area contributed by atoms with Gasteiger partial charge in [-0.3, -0.25) is 4.98 Å². The average Bonchev–Trinajstić information content (AvgIpc) is 3.35. The van der Waals surface area contributed by atoms with E-state index in [1.54, 1.807) is 7.11 Å². The molecule has 1 aliphatic heterocycles. The van der Waals surface area contributed by atoms with Crippen LogP contribution in [0.25, 0.3) is 5.69 Å². The quantitative estimate of drug-likeness (QED) is 0.261. The lowest BCUT2D eigenvalue weighted by Gasteiger charge is -2.28. The van der Waals surface area contributed by atoms with Gasteiger partial charge in [-0.25, -0.2) is 0 Å². The number of thiocarbonyl (C=S) groups is 1. The van der Waals surface area contributed by atoms with Crippen LogP contribution in [0.15, 0.2) is 77.4 Å². The summed E-state index contributed by atoms with van der Waals surface area (Å²) >= 11 is 16.1. The second-order valence-electron chi connectivity index (χ2n) is 8.43. The summed E-state index contributed by atoms with van der Waals surface area (Å²) in [5.74, 6) is 0.624. The van der Waals surface area contributed by atoms with Gasteiger partial charge in [-0.1, -0.05) is 29.8 Å². The Morgan fingerprint density at radius 1 is 1.06 bits per heavy atom. The Hall–Kier alpha value is -2.87. The molecule has 0 spiro atoms. The maximum atomic E-state index is 6.52. The smallest absolute Gasteiger partial charge is 0.174 e. The zero-order valence-electron chi connectivity index (χ0n) is 19.5. The maximum absolute atomic E-state index is 6.52. The van der Waals surface area contributed by atoms with Crippen LogP contribution in [-0.2, 0) is 0 Å². The van der Waals surface area contributed by atoms with E-state index >= 15 is 0 Å². The number of nitrogens with one attached hydrogen (secondary N) is 1. The number of nitrogens with zero attached hydrogens (tertiary/aromatic N) is 3. The fourth-order valence-electron chi connectivity index (χ4n) is 4.84. The molecule has 8 heteroatoms. The van der Waals surface area contributed by atoms with E-state index in [1.807, 2.05) is 54.7 Å². The van der Waals surface area contributed by atoms with Crippen molar-refractivity contribution in [3.8, 4) is 11.4 Å². The van der Waals surface area contributed by atoms with Crippen molar-refractivity contribution >= 4 is 50.5 Å². The number of hydrogen-bond donors (Lipinski definition) is 1. The maximum Gasteiger partial charge on any atom is 0.174 e. The molecule has 0 saturated carbocycles. The SMILES string of the molecule is COc1ccc(N2C(=S)N[C@H](c3ccccn3)[C@@H]2c2cc(C)n(-c3ccccc3Br)c2C)cc1Cl. The van der Waals surface area contributed by atoms with Crippen molar-refractivity contribution in [3.05, 3.63) is 105 Å². The average molecular weight is 568 g/mol. The number of pyridine rings is 1. The third kappa shape index (κ3) is 4.22. The monoisotopic (exact) mass is 566 g/mol. The lowest BCUT2D eigenvalue weighted by atomic mass is 9.96. The van der Waals surface area contributed by atoms with Crippen LogP contribution in [0, 0.1) is 13.8 Å². The van der Waals surface area contributed by atoms with Crippen LogP contribution in [0.3, 0.4) is 0 Å². The van der Waals surface area contributed by atoms with Crippen molar-refractivity contribution in [1.29, 1.82) is 0 Å². The van der Waals surface area contributed by atoms with Gasteiger partial charge in [0.25, 0.3) is 0 Å². The number of aromatic nitrogens is 2. The van der Waals surface area contributed by atoms with E-state index in [0.29, 0.717) is 15.9 Å². The lowest BCUT2D eigenvalue weighted by Crippen LogP contribution is -2.29. The van der Waals surface area contributed by atoms with E-state index in [2.05, 4.69) is 67.7 Å². The molecule has 1 aliphatic rings. The molecular formula is C27H24BrClN4OS. The van der Waals surface area contributed by atoms with Crippen molar-refractivity contribution in [3.63, 3.8) is 0 Å². The molecule has 4 aromatic rings. The van der Waals surface area contributed by atoms with Crippen LogP contribution >= 0.6 is 39.7 Å². The summed E-state index contributed by atoms with van der Waals surface area (Å²) in [6.45, 7) is 4.28. The minimum absolute atomic E-state index is 0.135.